The minimum atomic E-state index is -0.602. The van der Waals surface area contributed by atoms with Crippen molar-refractivity contribution in [3.63, 3.8) is 0 Å². The Kier molecular flexibility index (Phi) is 6.87. The van der Waals surface area contributed by atoms with Crippen LogP contribution in [0.4, 0.5) is 13.6 Å². The zero-order chi connectivity index (χ0) is 25.9. The number of aromatic amines is 2. The zero-order valence-electron chi connectivity index (χ0n) is 19.8. The number of imidazole rings is 1. The van der Waals surface area contributed by atoms with Gasteiger partial charge in [-0.15, -0.1) is 0 Å². The molecule has 37 heavy (non-hydrogen) atoms. The van der Waals surface area contributed by atoms with Crippen molar-refractivity contribution in [2.45, 2.75) is 25.9 Å². The van der Waals surface area contributed by atoms with Crippen LogP contribution in [0, 0.1) is 18.6 Å². The lowest BCUT2D eigenvalue weighted by molar-refractivity contribution is 0.236. The second kappa shape index (κ2) is 10.4. The third-order valence-electron chi connectivity index (χ3n) is 6.07. The van der Waals surface area contributed by atoms with E-state index in [-0.39, 0.29) is 12.1 Å². The summed E-state index contributed by atoms with van der Waals surface area (Å²) in [6.45, 7) is 1.74. The van der Waals surface area contributed by atoms with Gasteiger partial charge < -0.3 is 15.6 Å². The average molecular weight is 521 g/mol. The highest BCUT2D eigenvalue weighted by Crippen LogP contribution is 2.30. The van der Waals surface area contributed by atoms with Crippen molar-refractivity contribution >= 4 is 28.5 Å². The molecule has 0 spiro atoms. The lowest BCUT2D eigenvalue weighted by Crippen LogP contribution is -2.39. The Morgan fingerprint density at radius 2 is 1.89 bits per heavy atom. The number of hydrogen-bond acceptors (Lipinski definition) is 3. The van der Waals surface area contributed by atoms with E-state index < -0.39 is 23.7 Å². The van der Waals surface area contributed by atoms with Crippen LogP contribution in [0.25, 0.3) is 22.2 Å². The molecule has 188 valence electrons. The Balaban J connectivity index is 1.39. The van der Waals surface area contributed by atoms with Crippen molar-refractivity contribution in [1.29, 1.82) is 0 Å². The maximum atomic E-state index is 14.0. The first-order valence-corrected chi connectivity index (χ1v) is 12.0. The first kappa shape index (κ1) is 24.5. The van der Waals surface area contributed by atoms with Crippen LogP contribution in [0.1, 0.15) is 28.7 Å². The molecule has 0 unspecified atom stereocenters. The molecule has 5 aromatic rings. The minimum absolute atomic E-state index is 0.0440. The standard InChI is InChI=1S/C27H23ClF2N6O/c1-15-20-9-7-17(13-22(20)36-35-15)24-25(28)34-26(33-24)23(11-16-5-3-2-4-6-16)32-27(37)31-14-18-12-19(29)8-10-21(18)30/h2-10,12-13,23H,11,14H2,1H3,(H,33,34)(H,35,36)(H2,31,32,37)/t23-/m0/s1. The van der Waals surface area contributed by atoms with E-state index in [2.05, 4.69) is 25.8 Å². The molecule has 0 fully saturated rings. The summed E-state index contributed by atoms with van der Waals surface area (Å²) in [4.78, 5) is 20.6. The third-order valence-corrected chi connectivity index (χ3v) is 6.34. The van der Waals surface area contributed by atoms with E-state index in [1.807, 2.05) is 55.5 Å². The normalized spacial score (nSPS) is 12.0. The van der Waals surface area contributed by atoms with Crippen molar-refractivity contribution < 1.29 is 13.6 Å². The van der Waals surface area contributed by atoms with Crippen LogP contribution in [0.5, 0.6) is 0 Å². The van der Waals surface area contributed by atoms with E-state index in [0.717, 1.165) is 45.9 Å². The van der Waals surface area contributed by atoms with Gasteiger partial charge in [0.05, 0.1) is 17.3 Å². The van der Waals surface area contributed by atoms with Gasteiger partial charge in [0.2, 0.25) is 0 Å². The summed E-state index contributed by atoms with van der Waals surface area (Å²) in [6.07, 6.45) is 0.421. The Morgan fingerprint density at radius 1 is 1.08 bits per heavy atom. The van der Waals surface area contributed by atoms with Gasteiger partial charge in [0.1, 0.15) is 28.3 Å². The van der Waals surface area contributed by atoms with Crippen LogP contribution in [0.15, 0.2) is 66.7 Å². The van der Waals surface area contributed by atoms with Gasteiger partial charge in [-0.1, -0.05) is 54.1 Å². The molecule has 1 atom stereocenters. The SMILES string of the molecule is Cc1n[nH]c2cc(-c3nc([C@H](Cc4ccccc4)NC(=O)NCc4cc(F)ccc4F)[nH]c3Cl)ccc12. The minimum Gasteiger partial charge on any atom is -0.334 e. The number of benzene rings is 3. The Labute approximate surface area is 216 Å². The number of rotatable bonds is 7. The van der Waals surface area contributed by atoms with Crippen molar-refractivity contribution in [2.24, 2.45) is 0 Å². The fourth-order valence-corrected chi connectivity index (χ4v) is 4.41. The summed E-state index contributed by atoms with van der Waals surface area (Å²) >= 11 is 6.54. The lowest BCUT2D eigenvalue weighted by Gasteiger charge is -2.18. The molecule has 3 aromatic carbocycles. The molecule has 4 N–H and O–H groups in total. The third kappa shape index (κ3) is 5.46. The predicted octanol–water partition coefficient (Wildman–Crippen LogP) is 5.98. The number of H-pyrrole nitrogens is 2. The van der Waals surface area contributed by atoms with Crippen molar-refractivity contribution in [3.05, 3.63) is 106 Å². The monoisotopic (exact) mass is 520 g/mol. The molecule has 0 radical (unpaired) electrons. The highest BCUT2D eigenvalue weighted by molar-refractivity contribution is 6.32. The summed E-state index contributed by atoms with van der Waals surface area (Å²) in [5, 5.41) is 14.0. The van der Waals surface area contributed by atoms with Crippen LogP contribution in [0.2, 0.25) is 5.15 Å². The van der Waals surface area contributed by atoms with Gasteiger partial charge in [-0.2, -0.15) is 5.10 Å². The van der Waals surface area contributed by atoms with E-state index >= 15 is 0 Å². The number of nitrogens with one attached hydrogen (secondary N) is 4. The molecule has 2 aromatic heterocycles. The van der Waals surface area contributed by atoms with Crippen molar-refractivity contribution in [1.82, 2.24) is 30.8 Å². The second-order valence-corrected chi connectivity index (χ2v) is 9.04. The Hall–Kier alpha value is -4.24. The average Bonchev–Trinajstić information content (AvgIpc) is 3.47. The summed E-state index contributed by atoms with van der Waals surface area (Å²) in [7, 11) is 0. The van der Waals surface area contributed by atoms with Crippen molar-refractivity contribution in [3.8, 4) is 11.3 Å². The zero-order valence-corrected chi connectivity index (χ0v) is 20.5. The van der Waals surface area contributed by atoms with E-state index in [1.165, 1.54) is 0 Å². The summed E-state index contributed by atoms with van der Waals surface area (Å²) in [5.74, 6) is -0.729. The molecule has 0 aliphatic rings. The number of aromatic nitrogens is 4. The predicted molar refractivity (Wildman–Crippen MR) is 138 cm³/mol. The van der Waals surface area contributed by atoms with Gasteiger partial charge in [-0.3, -0.25) is 5.10 Å². The molecule has 0 saturated carbocycles. The quantitative estimate of drug-likeness (QED) is 0.212. The van der Waals surface area contributed by atoms with Crippen molar-refractivity contribution in [2.75, 3.05) is 0 Å². The first-order chi connectivity index (χ1) is 17.9. The number of carbonyl (C=O) groups is 1. The number of urea groups is 1. The maximum absolute atomic E-state index is 14.0. The topological polar surface area (TPSA) is 98.5 Å². The van der Waals surface area contributed by atoms with Gasteiger partial charge in [-0.25, -0.2) is 18.6 Å². The summed E-state index contributed by atoms with van der Waals surface area (Å²) in [6, 6.07) is 17.3. The molecule has 0 saturated heterocycles. The first-order valence-electron chi connectivity index (χ1n) is 11.6. The number of nitrogens with zero attached hydrogens (tertiary/aromatic N) is 2. The summed E-state index contributed by atoms with van der Waals surface area (Å²) in [5.41, 5.74) is 4.08. The fraction of sp³-hybridized carbons (Fsp3) is 0.148. The molecule has 2 heterocycles. The number of aryl methyl sites for hydroxylation is 1. The lowest BCUT2D eigenvalue weighted by atomic mass is 10.1. The molecule has 2 amide bonds. The van der Waals surface area contributed by atoms with Crippen LogP contribution >= 0.6 is 11.6 Å². The Bertz CT molecular complexity index is 1570. The van der Waals surface area contributed by atoms with Gasteiger partial charge in [0.25, 0.3) is 0 Å². The van der Waals surface area contributed by atoms with E-state index in [0.29, 0.717) is 23.1 Å². The number of amides is 2. The number of fused-ring (bicyclic) bond motifs is 1. The fourth-order valence-electron chi connectivity index (χ4n) is 4.16. The molecular weight excluding hydrogens is 498 g/mol. The molecule has 0 aliphatic heterocycles. The molecule has 0 bridgehead atoms. The van der Waals surface area contributed by atoms with Gasteiger partial charge in [0, 0.05) is 23.1 Å². The largest absolute Gasteiger partial charge is 0.334 e. The van der Waals surface area contributed by atoms with Gasteiger partial charge in [-0.05, 0) is 43.2 Å². The highest BCUT2D eigenvalue weighted by atomic mass is 35.5. The van der Waals surface area contributed by atoms with Crippen LogP contribution in [0.3, 0.4) is 0 Å². The molecule has 0 aliphatic carbocycles. The van der Waals surface area contributed by atoms with Crippen LogP contribution < -0.4 is 10.6 Å². The Morgan fingerprint density at radius 3 is 2.70 bits per heavy atom. The molecule has 5 rings (SSSR count). The van der Waals surface area contributed by atoms with E-state index in [9.17, 15) is 13.6 Å². The number of carbonyl (C=O) groups excluding carboxylic acids is 1. The highest BCUT2D eigenvalue weighted by Gasteiger charge is 2.22. The molecular formula is C27H23ClF2N6O. The summed E-state index contributed by atoms with van der Waals surface area (Å²) < 4.78 is 27.5. The van der Waals surface area contributed by atoms with Gasteiger partial charge in [0.15, 0.2) is 0 Å². The molecule has 10 heteroatoms. The second-order valence-electron chi connectivity index (χ2n) is 8.66. The smallest absolute Gasteiger partial charge is 0.315 e. The number of hydrogen-bond donors (Lipinski definition) is 4. The van der Waals surface area contributed by atoms with Gasteiger partial charge >= 0.3 is 6.03 Å². The molecule has 7 nitrogen and oxygen atoms in total. The maximum Gasteiger partial charge on any atom is 0.315 e. The number of halogens is 3. The van der Waals surface area contributed by atoms with E-state index in [1.54, 1.807) is 0 Å². The van der Waals surface area contributed by atoms with E-state index in [4.69, 9.17) is 16.6 Å². The van der Waals surface area contributed by atoms with Crippen LogP contribution in [-0.2, 0) is 13.0 Å². The van der Waals surface area contributed by atoms with Crippen LogP contribution in [-0.4, -0.2) is 26.2 Å².